The van der Waals surface area contributed by atoms with Crippen molar-refractivity contribution in [2.45, 2.75) is 17.9 Å². The molecule has 7 heteroatoms. The van der Waals surface area contributed by atoms with E-state index in [-0.39, 0.29) is 4.90 Å². The van der Waals surface area contributed by atoms with E-state index in [4.69, 9.17) is 23.2 Å². The van der Waals surface area contributed by atoms with Gasteiger partial charge in [0.25, 0.3) is 0 Å². The Morgan fingerprint density at radius 2 is 1.86 bits per heavy atom. The van der Waals surface area contributed by atoms with Crippen LogP contribution in [0.4, 0.5) is 4.39 Å². The fourth-order valence-electron chi connectivity index (χ4n) is 1.85. The first-order chi connectivity index (χ1) is 9.79. The van der Waals surface area contributed by atoms with Crippen molar-refractivity contribution in [3.8, 4) is 0 Å². The maximum Gasteiger partial charge on any atom is 0.241 e. The molecule has 2 aromatic rings. The van der Waals surface area contributed by atoms with Gasteiger partial charge < -0.3 is 0 Å². The Morgan fingerprint density at radius 1 is 1.14 bits per heavy atom. The van der Waals surface area contributed by atoms with Gasteiger partial charge in [0.1, 0.15) is 5.82 Å². The lowest BCUT2D eigenvalue weighted by Gasteiger charge is -2.16. The van der Waals surface area contributed by atoms with Crippen molar-refractivity contribution in [2.24, 2.45) is 0 Å². The van der Waals surface area contributed by atoms with Crippen molar-refractivity contribution < 1.29 is 12.8 Å². The molecule has 2 aromatic carbocycles. The lowest BCUT2D eigenvalue weighted by molar-refractivity contribution is 0.564. The molecule has 0 heterocycles. The predicted molar refractivity (Wildman–Crippen MR) is 81.6 cm³/mol. The molecule has 0 spiro atoms. The Morgan fingerprint density at radius 3 is 2.48 bits per heavy atom. The second-order valence-corrected chi connectivity index (χ2v) is 7.02. The van der Waals surface area contributed by atoms with Gasteiger partial charge in [-0.05, 0) is 42.8 Å². The predicted octanol–water partition coefficient (Wildman–Crippen LogP) is 4.17. The molecule has 0 radical (unpaired) electrons. The van der Waals surface area contributed by atoms with E-state index in [0.717, 1.165) is 6.07 Å². The van der Waals surface area contributed by atoms with Crippen LogP contribution in [0.5, 0.6) is 0 Å². The highest BCUT2D eigenvalue weighted by Crippen LogP contribution is 2.27. The fourth-order valence-corrected chi connectivity index (χ4v) is 3.68. The van der Waals surface area contributed by atoms with E-state index in [0.29, 0.717) is 15.6 Å². The summed E-state index contributed by atoms with van der Waals surface area (Å²) >= 11 is 11.8. The number of hydrogen-bond donors (Lipinski definition) is 1. The molecule has 0 bridgehead atoms. The second-order valence-electron chi connectivity index (χ2n) is 4.47. The molecular weight excluding hydrogens is 336 g/mol. The highest BCUT2D eigenvalue weighted by atomic mass is 35.5. The molecule has 1 atom stereocenters. The molecule has 112 valence electrons. The van der Waals surface area contributed by atoms with Gasteiger partial charge in [0, 0.05) is 16.1 Å². The van der Waals surface area contributed by atoms with E-state index in [9.17, 15) is 12.8 Å². The summed E-state index contributed by atoms with van der Waals surface area (Å²) < 4.78 is 40.0. The summed E-state index contributed by atoms with van der Waals surface area (Å²) in [6.45, 7) is 1.64. The van der Waals surface area contributed by atoms with Crippen LogP contribution in [-0.4, -0.2) is 8.42 Å². The minimum atomic E-state index is -3.84. The lowest BCUT2D eigenvalue weighted by Crippen LogP contribution is -2.27. The minimum absolute atomic E-state index is 0.139. The monoisotopic (exact) mass is 347 g/mol. The Bertz CT molecular complexity index is 765. The summed E-state index contributed by atoms with van der Waals surface area (Å²) in [5.41, 5.74) is 0.584. The first-order valence-electron chi connectivity index (χ1n) is 6.02. The number of nitrogens with one attached hydrogen (secondary N) is 1. The summed E-state index contributed by atoms with van der Waals surface area (Å²) in [5, 5.41) is 0.820. The first-order valence-corrected chi connectivity index (χ1v) is 8.26. The van der Waals surface area contributed by atoms with Crippen LogP contribution in [-0.2, 0) is 10.0 Å². The van der Waals surface area contributed by atoms with Crippen LogP contribution in [0.2, 0.25) is 10.0 Å². The molecule has 0 aliphatic rings. The van der Waals surface area contributed by atoms with Crippen molar-refractivity contribution in [3.63, 3.8) is 0 Å². The quantitative estimate of drug-likeness (QED) is 0.901. The Labute approximate surface area is 132 Å². The second kappa shape index (κ2) is 6.32. The Kier molecular flexibility index (Phi) is 4.88. The Balaban J connectivity index is 2.28. The zero-order chi connectivity index (χ0) is 15.6. The van der Waals surface area contributed by atoms with Crippen LogP contribution in [0.1, 0.15) is 18.5 Å². The van der Waals surface area contributed by atoms with Gasteiger partial charge in [0.15, 0.2) is 0 Å². The highest BCUT2D eigenvalue weighted by molar-refractivity contribution is 7.89. The third-order valence-electron chi connectivity index (χ3n) is 2.87. The molecule has 0 amide bonds. The summed E-state index contributed by atoms with van der Waals surface area (Å²) in [5.74, 6) is -0.616. The van der Waals surface area contributed by atoms with Crippen LogP contribution < -0.4 is 4.72 Å². The van der Waals surface area contributed by atoms with E-state index in [1.807, 2.05) is 0 Å². The van der Waals surface area contributed by atoms with E-state index >= 15 is 0 Å². The van der Waals surface area contributed by atoms with Crippen LogP contribution in [0.15, 0.2) is 47.4 Å². The topological polar surface area (TPSA) is 46.2 Å². The molecule has 3 nitrogen and oxygen atoms in total. The van der Waals surface area contributed by atoms with Crippen molar-refractivity contribution in [1.82, 2.24) is 4.72 Å². The van der Waals surface area contributed by atoms with E-state index in [1.54, 1.807) is 19.1 Å². The number of halogens is 3. The molecule has 0 fully saturated rings. The van der Waals surface area contributed by atoms with Gasteiger partial charge in [-0.15, -0.1) is 0 Å². The van der Waals surface area contributed by atoms with Crippen LogP contribution in [0.3, 0.4) is 0 Å². The van der Waals surface area contributed by atoms with Gasteiger partial charge in [-0.1, -0.05) is 35.3 Å². The van der Waals surface area contributed by atoms with E-state index < -0.39 is 21.9 Å². The smallest absolute Gasteiger partial charge is 0.207 e. The molecule has 1 N–H and O–H groups in total. The van der Waals surface area contributed by atoms with Gasteiger partial charge in [0.05, 0.1) is 4.90 Å². The highest BCUT2D eigenvalue weighted by Gasteiger charge is 2.20. The number of hydrogen-bond acceptors (Lipinski definition) is 2. The third kappa shape index (κ3) is 3.95. The van der Waals surface area contributed by atoms with Crippen molar-refractivity contribution >= 4 is 33.2 Å². The lowest BCUT2D eigenvalue weighted by atomic mass is 10.1. The molecular formula is C14H12Cl2FNO2S. The number of rotatable bonds is 4. The molecule has 0 aliphatic heterocycles. The van der Waals surface area contributed by atoms with Crippen molar-refractivity contribution in [3.05, 3.63) is 63.9 Å². The normalized spacial score (nSPS) is 13.1. The van der Waals surface area contributed by atoms with Gasteiger partial charge in [-0.3, -0.25) is 0 Å². The minimum Gasteiger partial charge on any atom is -0.207 e. The van der Waals surface area contributed by atoms with E-state index in [2.05, 4.69) is 4.72 Å². The summed E-state index contributed by atoms with van der Waals surface area (Å²) in [6.07, 6.45) is 0. The average molecular weight is 348 g/mol. The Hall–Kier alpha value is -1.14. The molecule has 0 saturated heterocycles. The maximum atomic E-state index is 13.1. The van der Waals surface area contributed by atoms with Gasteiger partial charge in [-0.2, -0.15) is 0 Å². The zero-order valence-corrected chi connectivity index (χ0v) is 13.3. The third-order valence-corrected chi connectivity index (χ3v) is 4.97. The summed E-state index contributed by atoms with van der Waals surface area (Å²) in [6, 6.07) is 9.01. The van der Waals surface area contributed by atoms with Gasteiger partial charge in [0.2, 0.25) is 10.0 Å². The van der Waals surface area contributed by atoms with Crippen molar-refractivity contribution in [1.29, 1.82) is 0 Å². The molecule has 2 rings (SSSR count). The number of benzene rings is 2. The standard InChI is InChI=1S/C14H12Cl2FNO2S/c1-9(13-6-5-10(15)7-14(13)16)18-21(19,20)12-4-2-3-11(17)8-12/h2-9,18H,1H3. The first kappa shape index (κ1) is 16.2. The van der Waals surface area contributed by atoms with Crippen LogP contribution >= 0.6 is 23.2 Å². The maximum absolute atomic E-state index is 13.1. The molecule has 0 saturated carbocycles. The van der Waals surface area contributed by atoms with Crippen molar-refractivity contribution in [2.75, 3.05) is 0 Å². The number of sulfonamides is 1. The average Bonchev–Trinajstić information content (AvgIpc) is 2.37. The SMILES string of the molecule is CC(NS(=O)(=O)c1cccc(F)c1)c1ccc(Cl)cc1Cl. The fraction of sp³-hybridized carbons (Fsp3) is 0.143. The zero-order valence-electron chi connectivity index (χ0n) is 11.0. The van der Waals surface area contributed by atoms with Gasteiger partial charge >= 0.3 is 0 Å². The molecule has 21 heavy (non-hydrogen) atoms. The van der Waals surface area contributed by atoms with Crippen LogP contribution in [0, 0.1) is 5.82 Å². The van der Waals surface area contributed by atoms with Crippen LogP contribution in [0.25, 0.3) is 0 Å². The molecule has 0 aliphatic carbocycles. The summed E-state index contributed by atoms with van der Waals surface area (Å²) in [7, 11) is -3.84. The van der Waals surface area contributed by atoms with Gasteiger partial charge in [-0.25, -0.2) is 17.5 Å². The summed E-state index contributed by atoms with van der Waals surface area (Å²) in [4.78, 5) is -0.139. The molecule has 0 aromatic heterocycles. The van der Waals surface area contributed by atoms with E-state index in [1.165, 1.54) is 24.3 Å². The largest absolute Gasteiger partial charge is 0.241 e. The molecule has 1 unspecified atom stereocenters.